The molecule has 0 aliphatic carbocycles. The van der Waals surface area contributed by atoms with Gasteiger partial charge in [0.1, 0.15) is 34.8 Å². The van der Waals surface area contributed by atoms with Crippen molar-refractivity contribution in [1.29, 1.82) is 0 Å². The first-order valence-corrected chi connectivity index (χ1v) is 5.10. The number of hydrogen-bond donors (Lipinski definition) is 0. The van der Waals surface area contributed by atoms with E-state index in [-0.39, 0.29) is 11.5 Å². The molecular weight excluding hydrogens is 263 g/mol. The van der Waals surface area contributed by atoms with E-state index < -0.39 is 23.3 Å². The van der Waals surface area contributed by atoms with Crippen molar-refractivity contribution in [2.75, 3.05) is 0 Å². The smallest absolute Gasteiger partial charge is 0.526 e. The van der Waals surface area contributed by atoms with E-state index in [9.17, 15) is 17.6 Å². The van der Waals surface area contributed by atoms with E-state index >= 15 is 0 Å². The first-order valence-electron chi connectivity index (χ1n) is 5.10. The van der Waals surface area contributed by atoms with Crippen LogP contribution in [0.3, 0.4) is 0 Å². The van der Waals surface area contributed by atoms with Crippen molar-refractivity contribution in [1.82, 2.24) is 0 Å². The van der Waals surface area contributed by atoms with Crippen LogP contribution in [-0.2, 0) is 0 Å². The molecule has 0 aromatic heterocycles. The van der Waals surface area contributed by atoms with Crippen LogP contribution in [0.5, 0.6) is 11.5 Å². The molecule has 2 aromatic rings. The Kier molecular flexibility index (Phi) is 3.94. The Morgan fingerprint density at radius 3 is 1.21 bits per heavy atom. The van der Waals surface area contributed by atoms with Gasteiger partial charge in [-0.05, 0) is 0 Å². The summed E-state index contributed by atoms with van der Waals surface area (Å²) in [6.07, 6.45) is 0. The number of halogens is 4. The van der Waals surface area contributed by atoms with Crippen molar-refractivity contribution in [3.63, 3.8) is 0 Å². The third kappa shape index (κ3) is 3.91. The quantitative estimate of drug-likeness (QED) is 0.626. The molecule has 0 aliphatic heterocycles. The van der Waals surface area contributed by atoms with Crippen LogP contribution in [0.2, 0.25) is 0 Å². The van der Waals surface area contributed by atoms with Gasteiger partial charge in [-0.3, -0.25) is 0 Å². The summed E-state index contributed by atoms with van der Waals surface area (Å²) in [5, 5.41) is 0. The Balaban J connectivity index is 1.96. The highest BCUT2D eigenvalue weighted by Gasteiger charge is 2.07. The summed E-state index contributed by atoms with van der Waals surface area (Å²) in [6, 6.07) is 5.06. The Morgan fingerprint density at radius 2 is 0.895 bits per heavy atom. The molecule has 0 heterocycles. The molecule has 0 N–H and O–H groups in total. The number of benzene rings is 2. The fourth-order valence-corrected chi connectivity index (χ4v) is 1.33. The molecule has 0 fully saturated rings. The van der Waals surface area contributed by atoms with Gasteiger partial charge in [0.2, 0.25) is 0 Å². The summed E-state index contributed by atoms with van der Waals surface area (Å²) in [5.41, 5.74) is 0. The standard InChI is InChI=1S/C12H6BF4O2/c14-7-1-8(15)4-11(3-7)18-13-19-12-5-9(16)2-10(17)6-12/h1-6H. The van der Waals surface area contributed by atoms with Crippen LogP contribution in [0.1, 0.15) is 0 Å². The lowest BCUT2D eigenvalue weighted by Gasteiger charge is -2.07. The van der Waals surface area contributed by atoms with Crippen molar-refractivity contribution < 1.29 is 26.9 Å². The van der Waals surface area contributed by atoms with Gasteiger partial charge in [-0.15, -0.1) is 0 Å². The molecule has 0 spiro atoms. The lowest BCUT2D eigenvalue weighted by Crippen LogP contribution is -2.11. The van der Waals surface area contributed by atoms with Gasteiger partial charge in [-0.2, -0.15) is 0 Å². The molecule has 7 heteroatoms. The molecule has 0 aliphatic rings. The maximum atomic E-state index is 12.8. The van der Waals surface area contributed by atoms with E-state index in [2.05, 4.69) is 0 Å². The maximum Gasteiger partial charge on any atom is 0.658 e. The fraction of sp³-hybridized carbons (Fsp3) is 0. The Labute approximate surface area is 106 Å². The summed E-state index contributed by atoms with van der Waals surface area (Å²) in [4.78, 5) is 0. The minimum atomic E-state index is -0.819. The molecule has 0 atom stereocenters. The Hall–Kier alpha value is -2.18. The zero-order valence-electron chi connectivity index (χ0n) is 9.37. The van der Waals surface area contributed by atoms with Gasteiger partial charge in [0.15, 0.2) is 0 Å². The minimum Gasteiger partial charge on any atom is -0.526 e. The molecule has 0 saturated heterocycles. The van der Waals surface area contributed by atoms with Crippen molar-refractivity contribution in [2.24, 2.45) is 0 Å². The largest absolute Gasteiger partial charge is 0.658 e. The van der Waals surface area contributed by atoms with Crippen molar-refractivity contribution in [2.45, 2.75) is 0 Å². The molecule has 19 heavy (non-hydrogen) atoms. The highest BCUT2D eigenvalue weighted by atomic mass is 19.1. The van der Waals surface area contributed by atoms with Crippen LogP contribution in [0.15, 0.2) is 36.4 Å². The van der Waals surface area contributed by atoms with E-state index in [1.165, 1.54) is 0 Å². The summed E-state index contributed by atoms with van der Waals surface area (Å²) in [7, 11) is 0.711. The SMILES string of the molecule is Fc1cc(F)cc(O[B]Oc2cc(F)cc(F)c2)c1. The second-order valence-corrected chi connectivity index (χ2v) is 3.54. The normalized spacial score (nSPS) is 10.1. The Bertz CT molecular complexity index is 500. The molecule has 1 radical (unpaired) electrons. The first-order chi connectivity index (χ1) is 9.02. The molecule has 0 amide bonds. The zero-order chi connectivity index (χ0) is 13.8. The minimum absolute atomic E-state index is 0.144. The highest BCUT2D eigenvalue weighted by Crippen LogP contribution is 2.17. The van der Waals surface area contributed by atoms with Crippen molar-refractivity contribution in [3.05, 3.63) is 59.7 Å². The molecule has 2 rings (SSSR count). The third-order valence-electron chi connectivity index (χ3n) is 2.04. The number of hydrogen-bond acceptors (Lipinski definition) is 2. The Morgan fingerprint density at radius 1 is 0.579 bits per heavy atom. The molecule has 97 valence electrons. The van der Waals surface area contributed by atoms with Gasteiger partial charge < -0.3 is 9.31 Å². The first kappa shape index (κ1) is 13.3. The number of rotatable bonds is 4. The summed E-state index contributed by atoms with van der Waals surface area (Å²) in [5.74, 6) is -3.57. The molecule has 0 unspecified atom stereocenters. The predicted molar refractivity (Wildman–Crippen MR) is 59.7 cm³/mol. The second kappa shape index (κ2) is 5.64. The van der Waals surface area contributed by atoms with Crippen molar-refractivity contribution >= 4 is 7.69 Å². The van der Waals surface area contributed by atoms with E-state index in [4.69, 9.17) is 9.31 Å². The van der Waals surface area contributed by atoms with Crippen LogP contribution >= 0.6 is 0 Å². The molecule has 2 aromatic carbocycles. The third-order valence-corrected chi connectivity index (χ3v) is 2.04. The predicted octanol–water partition coefficient (Wildman–Crippen LogP) is 3.24. The summed E-state index contributed by atoms with van der Waals surface area (Å²) >= 11 is 0. The van der Waals surface area contributed by atoms with Gasteiger partial charge >= 0.3 is 7.69 Å². The zero-order valence-corrected chi connectivity index (χ0v) is 9.37. The second-order valence-electron chi connectivity index (χ2n) is 3.54. The van der Waals surface area contributed by atoms with Crippen LogP contribution in [-0.4, -0.2) is 7.69 Å². The molecule has 0 bridgehead atoms. The summed E-state index contributed by atoms with van der Waals surface area (Å²) < 4.78 is 60.8. The van der Waals surface area contributed by atoms with Gasteiger partial charge in [0.25, 0.3) is 0 Å². The van der Waals surface area contributed by atoms with E-state index in [0.29, 0.717) is 19.8 Å². The lowest BCUT2D eigenvalue weighted by molar-refractivity contribution is 0.447. The fourth-order valence-electron chi connectivity index (χ4n) is 1.33. The van der Waals surface area contributed by atoms with Crippen LogP contribution < -0.4 is 9.31 Å². The van der Waals surface area contributed by atoms with E-state index in [1.807, 2.05) is 0 Å². The van der Waals surface area contributed by atoms with Crippen LogP contribution in [0.4, 0.5) is 17.6 Å². The van der Waals surface area contributed by atoms with E-state index in [0.717, 1.165) is 24.3 Å². The van der Waals surface area contributed by atoms with Gasteiger partial charge in [-0.1, -0.05) is 0 Å². The van der Waals surface area contributed by atoms with Gasteiger partial charge in [-0.25, -0.2) is 17.6 Å². The van der Waals surface area contributed by atoms with Crippen LogP contribution in [0, 0.1) is 23.3 Å². The monoisotopic (exact) mass is 269 g/mol. The van der Waals surface area contributed by atoms with Crippen molar-refractivity contribution in [3.8, 4) is 11.5 Å². The maximum absolute atomic E-state index is 12.8. The lowest BCUT2D eigenvalue weighted by atomic mass is 10.2. The van der Waals surface area contributed by atoms with Gasteiger partial charge in [0.05, 0.1) is 0 Å². The molecule has 0 saturated carbocycles. The molecule has 2 nitrogen and oxygen atoms in total. The van der Waals surface area contributed by atoms with Crippen LogP contribution in [0.25, 0.3) is 0 Å². The average Bonchev–Trinajstić information content (AvgIpc) is 2.26. The van der Waals surface area contributed by atoms with Gasteiger partial charge in [0, 0.05) is 36.4 Å². The topological polar surface area (TPSA) is 18.5 Å². The summed E-state index contributed by atoms with van der Waals surface area (Å²) in [6.45, 7) is 0. The average molecular weight is 269 g/mol. The molecular formula is C12H6BF4O2. The van der Waals surface area contributed by atoms with E-state index in [1.54, 1.807) is 0 Å². The highest BCUT2D eigenvalue weighted by molar-refractivity contribution is 6.20.